The second kappa shape index (κ2) is 7.70. The molecule has 0 aliphatic heterocycles. The van der Waals surface area contributed by atoms with Gasteiger partial charge >= 0.3 is 0 Å². The van der Waals surface area contributed by atoms with Gasteiger partial charge < -0.3 is 11.1 Å². The summed E-state index contributed by atoms with van der Waals surface area (Å²) in [7, 11) is 0. The molecule has 0 radical (unpaired) electrons. The van der Waals surface area contributed by atoms with Gasteiger partial charge in [0.2, 0.25) is 5.91 Å². The Hall–Kier alpha value is -1.00. The Morgan fingerprint density at radius 1 is 1.30 bits per heavy atom. The van der Waals surface area contributed by atoms with E-state index in [9.17, 15) is 4.79 Å². The molecular formula is C16H24N2OS. The van der Waals surface area contributed by atoms with Gasteiger partial charge in [-0.3, -0.25) is 4.79 Å². The fourth-order valence-electron chi connectivity index (χ4n) is 2.78. The number of benzene rings is 1. The third-order valence-electron chi connectivity index (χ3n) is 3.89. The average Bonchev–Trinajstić information content (AvgIpc) is 2.47. The minimum absolute atomic E-state index is 0.365. The zero-order chi connectivity index (χ0) is 14.4. The third-order valence-corrected chi connectivity index (χ3v) is 5.22. The van der Waals surface area contributed by atoms with E-state index in [0.717, 1.165) is 11.8 Å². The molecule has 110 valence electrons. The summed E-state index contributed by atoms with van der Waals surface area (Å²) in [5.41, 5.74) is 7.03. The summed E-state index contributed by atoms with van der Waals surface area (Å²) < 4.78 is 0. The van der Waals surface area contributed by atoms with Crippen molar-refractivity contribution in [2.24, 2.45) is 5.73 Å². The summed E-state index contributed by atoms with van der Waals surface area (Å²) in [6.45, 7) is 3.10. The van der Waals surface area contributed by atoms with Crippen LogP contribution in [0.5, 0.6) is 0 Å². The largest absolute Gasteiger partial charge is 0.366 e. The molecule has 2 rings (SSSR count). The van der Waals surface area contributed by atoms with Crippen molar-refractivity contribution in [1.82, 2.24) is 5.32 Å². The van der Waals surface area contributed by atoms with Gasteiger partial charge in [-0.05, 0) is 36.3 Å². The number of rotatable bonds is 6. The van der Waals surface area contributed by atoms with E-state index >= 15 is 0 Å². The SMILES string of the molecule is CCS[C@@H]1CCCC[C@H]1NCc1ccc(C(N)=O)cc1. The minimum atomic E-state index is -0.365. The van der Waals surface area contributed by atoms with Crippen LogP contribution in [-0.2, 0) is 6.54 Å². The number of hydrogen-bond acceptors (Lipinski definition) is 3. The lowest BCUT2D eigenvalue weighted by Gasteiger charge is -2.31. The summed E-state index contributed by atoms with van der Waals surface area (Å²) in [4.78, 5) is 11.0. The zero-order valence-corrected chi connectivity index (χ0v) is 12.9. The maximum absolute atomic E-state index is 11.0. The van der Waals surface area contributed by atoms with E-state index in [1.807, 2.05) is 12.1 Å². The first-order valence-electron chi connectivity index (χ1n) is 7.44. The minimum Gasteiger partial charge on any atom is -0.366 e. The molecule has 1 aromatic rings. The molecule has 1 saturated carbocycles. The topological polar surface area (TPSA) is 55.1 Å². The molecule has 0 heterocycles. The van der Waals surface area contributed by atoms with E-state index in [1.54, 1.807) is 12.1 Å². The lowest BCUT2D eigenvalue weighted by atomic mass is 9.94. The van der Waals surface area contributed by atoms with Gasteiger partial charge in [0.1, 0.15) is 0 Å². The Kier molecular flexibility index (Phi) is 5.92. The van der Waals surface area contributed by atoms with Crippen molar-refractivity contribution < 1.29 is 4.79 Å². The summed E-state index contributed by atoms with van der Waals surface area (Å²) in [5, 5.41) is 4.43. The van der Waals surface area contributed by atoms with E-state index in [0.29, 0.717) is 11.6 Å². The van der Waals surface area contributed by atoms with Crippen molar-refractivity contribution in [2.45, 2.75) is 50.4 Å². The van der Waals surface area contributed by atoms with E-state index < -0.39 is 0 Å². The Balaban J connectivity index is 1.88. The van der Waals surface area contributed by atoms with Crippen molar-refractivity contribution in [1.29, 1.82) is 0 Å². The first-order chi connectivity index (χ1) is 9.70. The monoisotopic (exact) mass is 292 g/mol. The van der Waals surface area contributed by atoms with Gasteiger partial charge in [-0.2, -0.15) is 11.8 Å². The molecule has 1 aliphatic carbocycles. The molecule has 1 aliphatic rings. The van der Waals surface area contributed by atoms with Crippen molar-refractivity contribution >= 4 is 17.7 Å². The van der Waals surface area contributed by atoms with Crippen LogP contribution in [0.3, 0.4) is 0 Å². The van der Waals surface area contributed by atoms with Crippen molar-refractivity contribution in [3.8, 4) is 0 Å². The molecule has 0 spiro atoms. The molecule has 20 heavy (non-hydrogen) atoms. The van der Waals surface area contributed by atoms with Crippen LogP contribution in [0.15, 0.2) is 24.3 Å². The highest BCUT2D eigenvalue weighted by molar-refractivity contribution is 7.99. The highest BCUT2D eigenvalue weighted by atomic mass is 32.2. The predicted molar refractivity (Wildman–Crippen MR) is 86.0 cm³/mol. The number of carbonyl (C=O) groups excluding carboxylic acids is 1. The number of nitrogens with one attached hydrogen (secondary N) is 1. The number of amides is 1. The summed E-state index contributed by atoms with van der Waals surface area (Å²) in [6, 6.07) is 8.19. The van der Waals surface area contributed by atoms with E-state index in [-0.39, 0.29) is 5.91 Å². The van der Waals surface area contributed by atoms with E-state index in [2.05, 4.69) is 24.0 Å². The van der Waals surface area contributed by atoms with Crippen molar-refractivity contribution in [2.75, 3.05) is 5.75 Å². The number of carbonyl (C=O) groups is 1. The van der Waals surface area contributed by atoms with Crippen molar-refractivity contribution in [3.63, 3.8) is 0 Å². The molecule has 3 N–H and O–H groups in total. The first-order valence-corrected chi connectivity index (χ1v) is 8.49. The lowest BCUT2D eigenvalue weighted by Crippen LogP contribution is -2.40. The molecule has 1 aromatic carbocycles. The quantitative estimate of drug-likeness (QED) is 0.847. The van der Waals surface area contributed by atoms with Gasteiger partial charge in [0.15, 0.2) is 0 Å². The molecule has 0 saturated heterocycles. The van der Waals surface area contributed by atoms with Crippen LogP contribution < -0.4 is 11.1 Å². The fourth-order valence-corrected chi connectivity index (χ4v) is 4.01. The second-order valence-corrected chi connectivity index (χ2v) is 6.84. The van der Waals surface area contributed by atoms with Gasteiger partial charge in [-0.15, -0.1) is 0 Å². The number of nitrogens with two attached hydrogens (primary N) is 1. The van der Waals surface area contributed by atoms with Gasteiger partial charge in [0.05, 0.1) is 0 Å². The predicted octanol–water partition coefficient (Wildman–Crippen LogP) is 2.94. The lowest BCUT2D eigenvalue weighted by molar-refractivity contribution is 0.100. The summed E-state index contributed by atoms with van der Waals surface area (Å²) in [6.07, 6.45) is 5.30. The molecule has 1 amide bonds. The Morgan fingerprint density at radius 3 is 2.65 bits per heavy atom. The van der Waals surface area contributed by atoms with E-state index in [4.69, 9.17) is 5.73 Å². The maximum atomic E-state index is 11.0. The molecule has 0 unspecified atom stereocenters. The molecule has 2 atom stereocenters. The molecule has 3 nitrogen and oxygen atoms in total. The first kappa shape index (κ1) is 15.4. The Labute approximate surface area is 125 Å². The number of thioether (sulfide) groups is 1. The zero-order valence-electron chi connectivity index (χ0n) is 12.1. The third kappa shape index (κ3) is 4.25. The maximum Gasteiger partial charge on any atom is 0.248 e. The van der Waals surface area contributed by atoms with Crippen LogP contribution in [-0.4, -0.2) is 23.0 Å². The van der Waals surface area contributed by atoms with Crippen LogP contribution in [0.25, 0.3) is 0 Å². The smallest absolute Gasteiger partial charge is 0.248 e. The van der Waals surface area contributed by atoms with Crippen molar-refractivity contribution in [3.05, 3.63) is 35.4 Å². The summed E-state index contributed by atoms with van der Waals surface area (Å²) in [5.74, 6) is 0.826. The van der Waals surface area contributed by atoms with Crippen LogP contribution in [0.4, 0.5) is 0 Å². The number of primary amides is 1. The normalized spacial score (nSPS) is 22.6. The van der Waals surface area contributed by atoms with Crippen LogP contribution >= 0.6 is 11.8 Å². The molecular weight excluding hydrogens is 268 g/mol. The Bertz CT molecular complexity index is 431. The highest BCUT2D eigenvalue weighted by Gasteiger charge is 2.24. The summed E-state index contributed by atoms with van der Waals surface area (Å²) >= 11 is 2.08. The molecule has 1 fully saturated rings. The van der Waals surface area contributed by atoms with Gasteiger partial charge in [-0.1, -0.05) is 31.9 Å². The standard InChI is InChI=1S/C16H24N2OS/c1-2-20-15-6-4-3-5-14(15)18-11-12-7-9-13(10-8-12)16(17)19/h7-10,14-15,18H,2-6,11H2,1H3,(H2,17,19)/t14-,15-/m1/s1. The molecule has 0 aromatic heterocycles. The van der Waals surface area contributed by atoms with Gasteiger partial charge in [0.25, 0.3) is 0 Å². The Morgan fingerprint density at radius 2 is 2.00 bits per heavy atom. The molecule has 4 heteroatoms. The van der Waals surface area contributed by atoms with Crippen LogP contribution in [0.1, 0.15) is 48.5 Å². The highest BCUT2D eigenvalue weighted by Crippen LogP contribution is 2.28. The van der Waals surface area contributed by atoms with Crippen LogP contribution in [0, 0.1) is 0 Å². The fraction of sp³-hybridized carbons (Fsp3) is 0.562. The van der Waals surface area contributed by atoms with Gasteiger partial charge in [-0.25, -0.2) is 0 Å². The number of hydrogen-bond donors (Lipinski definition) is 2. The van der Waals surface area contributed by atoms with Gasteiger partial charge in [0, 0.05) is 23.4 Å². The van der Waals surface area contributed by atoms with Crippen LogP contribution in [0.2, 0.25) is 0 Å². The van der Waals surface area contributed by atoms with E-state index in [1.165, 1.54) is 37.0 Å². The molecule has 0 bridgehead atoms. The average molecular weight is 292 g/mol. The second-order valence-electron chi connectivity index (χ2n) is 5.33.